The fourth-order valence-corrected chi connectivity index (χ4v) is 1.99. The molecule has 20 heavy (non-hydrogen) atoms. The molecule has 2 aromatic carbocycles. The third kappa shape index (κ3) is 3.75. The molecule has 0 aromatic heterocycles. The molecule has 4 N–H and O–H groups in total. The smallest absolute Gasteiger partial charge is 0.221 e. The van der Waals surface area contributed by atoms with Crippen LogP contribution in [0.15, 0.2) is 42.5 Å². The van der Waals surface area contributed by atoms with E-state index < -0.39 is 0 Å². The first-order valence-corrected chi connectivity index (χ1v) is 6.44. The van der Waals surface area contributed by atoms with Gasteiger partial charge in [0.15, 0.2) is 0 Å². The van der Waals surface area contributed by atoms with Crippen LogP contribution in [0.5, 0.6) is 5.75 Å². The van der Waals surface area contributed by atoms with Crippen LogP contribution in [0, 0.1) is 6.92 Å². The highest BCUT2D eigenvalue weighted by Gasteiger charge is 2.02. The molecule has 2 aromatic rings. The largest absolute Gasteiger partial charge is 0.508 e. The van der Waals surface area contributed by atoms with Gasteiger partial charge in [-0.25, -0.2) is 0 Å². The summed E-state index contributed by atoms with van der Waals surface area (Å²) in [6.07, 6.45) is 0.249. The van der Waals surface area contributed by atoms with E-state index in [-0.39, 0.29) is 18.1 Å². The molecule has 2 rings (SSSR count). The number of hydrogen-bond donors (Lipinski definition) is 3. The fraction of sp³-hybridized carbons (Fsp3) is 0.188. The van der Waals surface area contributed by atoms with E-state index in [1.165, 1.54) is 0 Å². The van der Waals surface area contributed by atoms with Gasteiger partial charge in [-0.3, -0.25) is 4.79 Å². The minimum Gasteiger partial charge on any atom is -0.508 e. The van der Waals surface area contributed by atoms with E-state index in [2.05, 4.69) is 5.32 Å². The predicted octanol–water partition coefficient (Wildman–Crippen LogP) is 2.34. The van der Waals surface area contributed by atoms with E-state index in [0.29, 0.717) is 6.54 Å². The first kappa shape index (κ1) is 13.9. The molecule has 0 atom stereocenters. The highest BCUT2D eigenvalue weighted by Crippen LogP contribution is 2.20. The number of phenols is 1. The van der Waals surface area contributed by atoms with Gasteiger partial charge < -0.3 is 16.2 Å². The molecule has 0 aliphatic carbocycles. The lowest BCUT2D eigenvalue weighted by Gasteiger charge is -2.09. The summed E-state index contributed by atoms with van der Waals surface area (Å²) in [7, 11) is 0. The Kier molecular flexibility index (Phi) is 4.25. The number of phenolic OH excluding ortho intramolecular Hbond substituents is 1. The summed E-state index contributed by atoms with van der Waals surface area (Å²) in [5, 5.41) is 13.0. The number of aryl methyl sites for hydroxylation is 1. The molecule has 0 bridgehead atoms. The molecule has 0 fully saturated rings. The van der Waals surface area contributed by atoms with Gasteiger partial charge in [0.1, 0.15) is 5.75 Å². The van der Waals surface area contributed by atoms with Crippen LogP contribution in [-0.4, -0.2) is 11.0 Å². The number of carbonyl (C=O) groups excluding carboxylic acids is 1. The third-order valence-electron chi connectivity index (χ3n) is 3.05. The number of primary amides is 1. The first-order valence-electron chi connectivity index (χ1n) is 6.44. The Hall–Kier alpha value is -2.49. The maximum atomic E-state index is 10.8. The summed E-state index contributed by atoms with van der Waals surface area (Å²) in [5.74, 6) is -0.0520. The van der Waals surface area contributed by atoms with Gasteiger partial charge in [-0.1, -0.05) is 29.8 Å². The van der Waals surface area contributed by atoms with E-state index in [4.69, 9.17) is 5.73 Å². The van der Waals surface area contributed by atoms with Crippen LogP contribution < -0.4 is 11.1 Å². The Morgan fingerprint density at radius 2 is 1.90 bits per heavy atom. The topological polar surface area (TPSA) is 75.3 Å². The number of nitrogens with one attached hydrogen (secondary N) is 1. The number of aromatic hydroxyl groups is 1. The molecule has 4 heteroatoms. The maximum Gasteiger partial charge on any atom is 0.221 e. The van der Waals surface area contributed by atoms with Crippen molar-refractivity contribution in [2.45, 2.75) is 19.9 Å². The summed E-state index contributed by atoms with van der Waals surface area (Å²) in [6, 6.07) is 13.0. The normalized spacial score (nSPS) is 10.2. The molecule has 0 saturated heterocycles. The molecule has 0 saturated carbocycles. The van der Waals surface area contributed by atoms with Gasteiger partial charge in [-0.15, -0.1) is 0 Å². The molecule has 0 unspecified atom stereocenters. The van der Waals surface area contributed by atoms with Gasteiger partial charge in [-0.2, -0.15) is 0 Å². The number of hydrogen-bond acceptors (Lipinski definition) is 3. The zero-order valence-electron chi connectivity index (χ0n) is 11.4. The number of nitrogens with two attached hydrogens (primary N) is 1. The lowest BCUT2D eigenvalue weighted by molar-refractivity contribution is -0.117. The Bertz CT molecular complexity index is 606. The number of amides is 1. The second-order valence-corrected chi connectivity index (χ2v) is 4.83. The van der Waals surface area contributed by atoms with Crippen LogP contribution in [0.2, 0.25) is 0 Å². The predicted molar refractivity (Wildman–Crippen MR) is 79.5 cm³/mol. The van der Waals surface area contributed by atoms with Crippen molar-refractivity contribution < 1.29 is 9.90 Å². The summed E-state index contributed by atoms with van der Waals surface area (Å²) >= 11 is 0. The maximum absolute atomic E-state index is 10.8. The van der Waals surface area contributed by atoms with E-state index >= 15 is 0 Å². The standard InChI is InChI=1S/C16H18N2O2/c1-11-2-7-15(19)13(8-11)10-18-14-5-3-12(4-6-14)9-16(17)20/h2-8,18-19H,9-10H2,1H3,(H2,17,20). The van der Waals surface area contributed by atoms with Crippen molar-refractivity contribution in [3.63, 3.8) is 0 Å². The summed E-state index contributed by atoms with van der Waals surface area (Å²) < 4.78 is 0. The van der Waals surface area contributed by atoms with Crippen LogP contribution in [0.1, 0.15) is 16.7 Å². The van der Waals surface area contributed by atoms with E-state index in [9.17, 15) is 9.90 Å². The lowest BCUT2D eigenvalue weighted by Crippen LogP contribution is -2.13. The van der Waals surface area contributed by atoms with E-state index in [1.807, 2.05) is 43.3 Å². The minimum atomic E-state index is -0.338. The Morgan fingerprint density at radius 3 is 2.55 bits per heavy atom. The van der Waals surface area contributed by atoms with Gasteiger partial charge in [0.05, 0.1) is 6.42 Å². The Morgan fingerprint density at radius 1 is 1.20 bits per heavy atom. The first-order chi connectivity index (χ1) is 9.54. The van der Waals surface area contributed by atoms with Crippen molar-refractivity contribution in [3.05, 3.63) is 59.2 Å². The summed E-state index contributed by atoms with van der Waals surface area (Å²) in [6.45, 7) is 2.53. The SMILES string of the molecule is Cc1ccc(O)c(CNc2ccc(CC(N)=O)cc2)c1. The van der Waals surface area contributed by atoms with E-state index in [1.54, 1.807) is 6.07 Å². The monoisotopic (exact) mass is 270 g/mol. The number of rotatable bonds is 5. The number of anilines is 1. The minimum absolute atomic E-state index is 0.249. The molecule has 0 spiro atoms. The highest BCUT2D eigenvalue weighted by molar-refractivity contribution is 5.76. The van der Waals surface area contributed by atoms with Gasteiger partial charge >= 0.3 is 0 Å². The Balaban J connectivity index is 2.00. The molecular formula is C16H18N2O2. The second-order valence-electron chi connectivity index (χ2n) is 4.83. The molecule has 0 aliphatic heterocycles. The second kappa shape index (κ2) is 6.10. The van der Waals surface area contributed by atoms with Gasteiger partial charge in [0, 0.05) is 17.8 Å². The van der Waals surface area contributed by atoms with Crippen LogP contribution in [0.4, 0.5) is 5.69 Å². The average molecular weight is 270 g/mol. The van der Waals surface area contributed by atoms with Gasteiger partial charge in [-0.05, 0) is 30.7 Å². The van der Waals surface area contributed by atoms with E-state index in [0.717, 1.165) is 22.4 Å². The molecule has 0 radical (unpaired) electrons. The van der Waals surface area contributed by atoms with Crippen molar-refractivity contribution in [3.8, 4) is 5.75 Å². The number of carbonyl (C=O) groups is 1. The molecule has 0 aliphatic rings. The lowest BCUT2D eigenvalue weighted by atomic mass is 10.1. The molecule has 0 heterocycles. The third-order valence-corrected chi connectivity index (χ3v) is 3.05. The van der Waals surface area contributed by atoms with Gasteiger partial charge in [0.25, 0.3) is 0 Å². The zero-order valence-corrected chi connectivity index (χ0v) is 11.4. The number of benzene rings is 2. The van der Waals surface area contributed by atoms with Crippen molar-refractivity contribution in [2.24, 2.45) is 5.73 Å². The summed E-state index contributed by atoms with van der Waals surface area (Å²) in [5.41, 5.74) is 8.93. The fourth-order valence-electron chi connectivity index (χ4n) is 1.99. The quantitative estimate of drug-likeness (QED) is 0.780. The average Bonchev–Trinajstić information content (AvgIpc) is 2.41. The molecule has 4 nitrogen and oxygen atoms in total. The summed E-state index contributed by atoms with van der Waals surface area (Å²) in [4.78, 5) is 10.8. The van der Waals surface area contributed by atoms with Crippen molar-refractivity contribution in [2.75, 3.05) is 5.32 Å². The molecular weight excluding hydrogens is 252 g/mol. The molecule has 104 valence electrons. The van der Waals surface area contributed by atoms with Crippen molar-refractivity contribution in [1.29, 1.82) is 0 Å². The molecule has 1 amide bonds. The van der Waals surface area contributed by atoms with Crippen LogP contribution in [0.3, 0.4) is 0 Å². The van der Waals surface area contributed by atoms with Crippen LogP contribution in [0.25, 0.3) is 0 Å². The van der Waals surface area contributed by atoms with Crippen molar-refractivity contribution >= 4 is 11.6 Å². The highest BCUT2D eigenvalue weighted by atomic mass is 16.3. The Labute approximate surface area is 118 Å². The van der Waals surface area contributed by atoms with Crippen molar-refractivity contribution in [1.82, 2.24) is 0 Å². The van der Waals surface area contributed by atoms with Crippen LogP contribution in [-0.2, 0) is 17.8 Å². The zero-order chi connectivity index (χ0) is 14.5. The van der Waals surface area contributed by atoms with Crippen LogP contribution >= 0.6 is 0 Å². The van der Waals surface area contributed by atoms with Gasteiger partial charge in [0.2, 0.25) is 5.91 Å².